The fourth-order valence-corrected chi connectivity index (χ4v) is 2.18. The minimum atomic E-state index is -4.32. The fraction of sp³-hybridized carbons (Fsp3) is 0.571. The normalized spacial score (nSPS) is 24.2. The van der Waals surface area contributed by atoms with Crippen LogP contribution in [-0.2, 0) is 6.18 Å². The summed E-state index contributed by atoms with van der Waals surface area (Å²) in [7, 11) is 0. The Bertz CT molecular complexity index is 411. The fourth-order valence-electron chi connectivity index (χ4n) is 2.18. The number of halogens is 3. The largest absolute Gasteiger partial charge is 0.493 e. The Morgan fingerprint density at radius 1 is 1.32 bits per heavy atom. The molecular weight excluding hydrogens is 255 g/mol. The van der Waals surface area contributed by atoms with Crippen molar-refractivity contribution in [2.45, 2.75) is 32.0 Å². The second-order valence-electron chi connectivity index (χ2n) is 5.09. The van der Waals surface area contributed by atoms with Crippen molar-refractivity contribution in [3.63, 3.8) is 0 Å². The number of benzene rings is 1. The third-order valence-electron chi connectivity index (χ3n) is 3.41. The molecule has 2 nitrogen and oxygen atoms in total. The van der Waals surface area contributed by atoms with Crippen molar-refractivity contribution in [1.29, 1.82) is 0 Å². The molecule has 1 aliphatic rings. The zero-order chi connectivity index (χ0) is 13.9. The molecule has 1 aromatic rings. The van der Waals surface area contributed by atoms with Crippen molar-refractivity contribution in [3.8, 4) is 5.75 Å². The summed E-state index contributed by atoms with van der Waals surface area (Å²) in [6, 6.07) is 5.56. The van der Waals surface area contributed by atoms with E-state index in [4.69, 9.17) is 4.74 Å². The van der Waals surface area contributed by atoms with E-state index in [1.54, 1.807) is 6.07 Å². The number of hydrogen-bond donors (Lipinski definition) is 1. The van der Waals surface area contributed by atoms with Gasteiger partial charge >= 0.3 is 6.18 Å². The van der Waals surface area contributed by atoms with Gasteiger partial charge in [-0.1, -0.05) is 6.07 Å². The summed E-state index contributed by atoms with van der Waals surface area (Å²) in [5.41, 5.74) is -0.666. The second kappa shape index (κ2) is 5.82. The molecule has 0 aromatic heterocycles. The topological polar surface area (TPSA) is 21.3 Å². The maximum absolute atomic E-state index is 12.5. The summed E-state index contributed by atoms with van der Waals surface area (Å²) in [5, 5.41) is 3.34. The van der Waals surface area contributed by atoms with Gasteiger partial charge in [0.25, 0.3) is 0 Å². The van der Waals surface area contributed by atoms with Crippen LogP contribution in [0.25, 0.3) is 0 Å². The molecule has 1 N–H and O–H groups in total. The van der Waals surface area contributed by atoms with E-state index in [9.17, 15) is 13.2 Å². The van der Waals surface area contributed by atoms with Crippen molar-refractivity contribution in [2.24, 2.45) is 5.92 Å². The van der Waals surface area contributed by atoms with E-state index < -0.39 is 11.7 Å². The molecule has 0 spiro atoms. The van der Waals surface area contributed by atoms with Crippen LogP contribution in [-0.4, -0.2) is 19.2 Å². The van der Waals surface area contributed by atoms with Gasteiger partial charge in [-0.2, -0.15) is 13.2 Å². The van der Waals surface area contributed by atoms with Crippen LogP contribution in [0.4, 0.5) is 13.2 Å². The number of ether oxygens (including phenoxy) is 1. The van der Waals surface area contributed by atoms with Gasteiger partial charge in [0.2, 0.25) is 0 Å². The van der Waals surface area contributed by atoms with Crippen molar-refractivity contribution >= 4 is 0 Å². The van der Waals surface area contributed by atoms with E-state index in [1.165, 1.54) is 6.07 Å². The van der Waals surface area contributed by atoms with Crippen molar-refractivity contribution < 1.29 is 17.9 Å². The van der Waals surface area contributed by atoms with Gasteiger partial charge in [0.05, 0.1) is 12.2 Å². The first-order valence-electron chi connectivity index (χ1n) is 6.48. The minimum Gasteiger partial charge on any atom is -0.493 e. The molecule has 0 unspecified atom stereocenters. The van der Waals surface area contributed by atoms with Crippen LogP contribution in [0.5, 0.6) is 5.75 Å². The second-order valence-corrected chi connectivity index (χ2v) is 5.09. The summed E-state index contributed by atoms with van der Waals surface area (Å²) in [6.45, 7) is 3.45. The molecule has 0 saturated carbocycles. The average molecular weight is 273 g/mol. The summed E-state index contributed by atoms with van der Waals surface area (Å²) in [6.07, 6.45) is -2.19. The predicted octanol–water partition coefficient (Wildman–Crippen LogP) is 3.47. The maximum Gasteiger partial charge on any atom is 0.416 e. The molecule has 0 radical (unpaired) electrons. The highest BCUT2D eigenvalue weighted by molar-refractivity contribution is 5.30. The summed E-state index contributed by atoms with van der Waals surface area (Å²) in [5.74, 6) is 0.652. The average Bonchev–Trinajstić information content (AvgIpc) is 2.37. The van der Waals surface area contributed by atoms with Gasteiger partial charge in [-0.15, -0.1) is 0 Å². The van der Waals surface area contributed by atoms with Gasteiger partial charge in [0.15, 0.2) is 0 Å². The zero-order valence-corrected chi connectivity index (χ0v) is 10.8. The van der Waals surface area contributed by atoms with Gasteiger partial charge in [-0.3, -0.25) is 0 Å². The monoisotopic (exact) mass is 273 g/mol. The lowest BCUT2D eigenvalue weighted by atomic mass is 9.96. The molecule has 0 amide bonds. The van der Waals surface area contributed by atoms with E-state index in [0.29, 0.717) is 18.6 Å². The summed E-state index contributed by atoms with van der Waals surface area (Å²) in [4.78, 5) is 0. The molecule has 0 aliphatic carbocycles. The number of nitrogens with one attached hydrogen (secondary N) is 1. The number of alkyl halides is 3. The van der Waals surface area contributed by atoms with E-state index in [1.807, 2.05) is 0 Å². The molecule has 19 heavy (non-hydrogen) atoms. The quantitative estimate of drug-likeness (QED) is 0.910. The maximum atomic E-state index is 12.5. The Morgan fingerprint density at radius 2 is 2.11 bits per heavy atom. The van der Waals surface area contributed by atoms with Crippen LogP contribution in [0.3, 0.4) is 0 Å². The molecule has 2 atom stereocenters. The van der Waals surface area contributed by atoms with E-state index in [0.717, 1.165) is 31.5 Å². The van der Waals surface area contributed by atoms with Gasteiger partial charge in [-0.05, 0) is 38.0 Å². The Labute approximate surface area is 111 Å². The van der Waals surface area contributed by atoms with Crippen LogP contribution in [0.15, 0.2) is 24.3 Å². The van der Waals surface area contributed by atoms with Crippen LogP contribution < -0.4 is 10.1 Å². The van der Waals surface area contributed by atoms with Crippen molar-refractivity contribution in [3.05, 3.63) is 29.8 Å². The molecule has 1 heterocycles. The zero-order valence-electron chi connectivity index (χ0n) is 10.8. The molecule has 1 aromatic carbocycles. The molecule has 0 bridgehead atoms. The van der Waals surface area contributed by atoms with Crippen LogP contribution in [0.2, 0.25) is 0 Å². The van der Waals surface area contributed by atoms with Gasteiger partial charge in [0.1, 0.15) is 5.75 Å². The van der Waals surface area contributed by atoms with E-state index in [2.05, 4.69) is 12.2 Å². The molecule has 2 rings (SSSR count). The van der Waals surface area contributed by atoms with Crippen LogP contribution in [0.1, 0.15) is 25.3 Å². The first-order chi connectivity index (χ1) is 8.95. The molecule has 1 fully saturated rings. The van der Waals surface area contributed by atoms with Crippen LogP contribution in [0, 0.1) is 5.92 Å². The predicted molar refractivity (Wildman–Crippen MR) is 67.1 cm³/mol. The third-order valence-corrected chi connectivity index (χ3v) is 3.41. The van der Waals surface area contributed by atoms with E-state index in [-0.39, 0.29) is 5.75 Å². The first kappa shape index (κ1) is 14.2. The van der Waals surface area contributed by atoms with Gasteiger partial charge in [-0.25, -0.2) is 0 Å². The van der Waals surface area contributed by atoms with Crippen LogP contribution >= 0.6 is 0 Å². The standard InChI is InChI=1S/C14H18F3NO/c1-10-5-6-11(8-18-10)9-19-13-4-2-3-12(7-13)14(15,16)17/h2-4,7,10-11,18H,5-6,8-9H2,1H3/t10-,11+/m1/s1. The highest BCUT2D eigenvalue weighted by Gasteiger charge is 2.30. The molecular formula is C14H18F3NO. The number of piperidine rings is 1. The molecule has 106 valence electrons. The summed E-state index contributed by atoms with van der Waals surface area (Å²) >= 11 is 0. The Balaban J connectivity index is 1.89. The Hall–Kier alpha value is -1.23. The Kier molecular flexibility index (Phi) is 4.34. The lowest BCUT2D eigenvalue weighted by molar-refractivity contribution is -0.137. The number of rotatable bonds is 3. The smallest absolute Gasteiger partial charge is 0.416 e. The summed E-state index contributed by atoms with van der Waals surface area (Å²) < 4.78 is 43.1. The molecule has 1 aliphatic heterocycles. The third kappa shape index (κ3) is 4.13. The Morgan fingerprint density at radius 3 is 2.74 bits per heavy atom. The first-order valence-corrected chi connectivity index (χ1v) is 6.48. The van der Waals surface area contributed by atoms with E-state index >= 15 is 0 Å². The lowest BCUT2D eigenvalue weighted by Crippen LogP contribution is -2.39. The van der Waals surface area contributed by atoms with Crippen molar-refractivity contribution in [1.82, 2.24) is 5.32 Å². The number of hydrogen-bond acceptors (Lipinski definition) is 2. The highest BCUT2D eigenvalue weighted by atomic mass is 19.4. The van der Waals surface area contributed by atoms with Gasteiger partial charge in [0, 0.05) is 18.5 Å². The molecule has 5 heteroatoms. The van der Waals surface area contributed by atoms with Gasteiger partial charge < -0.3 is 10.1 Å². The van der Waals surface area contributed by atoms with Crippen molar-refractivity contribution in [2.75, 3.05) is 13.2 Å². The SMILES string of the molecule is C[C@@H]1CC[C@H](COc2cccc(C(F)(F)F)c2)CN1. The minimum absolute atomic E-state index is 0.286. The molecule has 1 saturated heterocycles. The highest BCUT2D eigenvalue weighted by Crippen LogP contribution is 2.31. The lowest BCUT2D eigenvalue weighted by Gasteiger charge is -2.27.